The highest BCUT2D eigenvalue weighted by Crippen LogP contribution is 2.23. The maximum atomic E-state index is 5.98. The second-order valence-electron chi connectivity index (χ2n) is 7.16. The Morgan fingerprint density at radius 2 is 1.92 bits per heavy atom. The molecular formula is C17H19ClN8. The molecule has 3 aromatic rings. The molecule has 0 amide bonds. The molecule has 1 aliphatic heterocycles. The fourth-order valence-electron chi connectivity index (χ4n) is 2.72. The molecule has 1 atom stereocenters. The van der Waals surface area contributed by atoms with Crippen LogP contribution in [0, 0.1) is 0 Å². The standard InChI is InChI=1S/C17H19ClN8/c1-17(2,3)26-23-16(22-24-26)12-8-20-25(10-12)14-9-19-21-15(14)11-4-6-13(18)7-5-11/h4-8,10,14,19H,9H2,1-3H3. The Hall–Kier alpha value is -2.74. The summed E-state index contributed by atoms with van der Waals surface area (Å²) >= 11 is 5.98. The number of nitrogens with zero attached hydrogens (tertiary/aromatic N) is 7. The minimum Gasteiger partial charge on any atom is -0.307 e. The van der Waals surface area contributed by atoms with E-state index in [-0.39, 0.29) is 11.6 Å². The Morgan fingerprint density at radius 1 is 1.15 bits per heavy atom. The van der Waals surface area contributed by atoms with Crippen molar-refractivity contribution >= 4 is 17.3 Å². The van der Waals surface area contributed by atoms with E-state index in [4.69, 9.17) is 11.6 Å². The summed E-state index contributed by atoms with van der Waals surface area (Å²) in [4.78, 5) is 1.61. The van der Waals surface area contributed by atoms with Crippen molar-refractivity contribution in [2.75, 3.05) is 6.54 Å². The number of hydrogen-bond acceptors (Lipinski definition) is 6. The smallest absolute Gasteiger partial charge is 0.208 e. The number of halogens is 1. The summed E-state index contributed by atoms with van der Waals surface area (Å²) in [6, 6.07) is 7.63. The van der Waals surface area contributed by atoms with E-state index in [0.29, 0.717) is 17.4 Å². The number of benzene rings is 1. The average molecular weight is 371 g/mol. The van der Waals surface area contributed by atoms with Crippen molar-refractivity contribution in [3.8, 4) is 11.4 Å². The van der Waals surface area contributed by atoms with Gasteiger partial charge < -0.3 is 5.43 Å². The van der Waals surface area contributed by atoms with Gasteiger partial charge in [-0.15, -0.1) is 10.2 Å². The lowest BCUT2D eigenvalue weighted by molar-refractivity contribution is 0.306. The molecule has 0 spiro atoms. The van der Waals surface area contributed by atoms with E-state index in [1.165, 1.54) is 0 Å². The van der Waals surface area contributed by atoms with Crippen molar-refractivity contribution in [2.24, 2.45) is 5.10 Å². The lowest BCUT2D eigenvalue weighted by Crippen LogP contribution is -2.24. The van der Waals surface area contributed by atoms with Crippen LogP contribution in [-0.4, -0.2) is 42.2 Å². The number of hydrazone groups is 1. The minimum absolute atomic E-state index is 0.0115. The molecule has 134 valence electrons. The maximum Gasteiger partial charge on any atom is 0.208 e. The van der Waals surface area contributed by atoms with Crippen LogP contribution in [0.25, 0.3) is 11.4 Å². The van der Waals surface area contributed by atoms with Gasteiger partial charge >= 0.3 is 0 Å². The molecule has 1 aliphatic rings. The largest absolute Gasteiger partial charge is 0.307 e. The van der Waals surface area contributed by atoms with E-state index in [0.717, 1.165) is 16.8 Å². The number of tetrazole rings is 1. The van der Waals surface area contributed by atoms with Crippen LogP contribution in [0.15, 0.2) is 41.8 Å². The summed E-state index contributed by atoms with van der Waals surface area (Å²) in [5.41, 5.74) is 5.59. The van der Waals surface area contributed by atoms with Crippen molar-refractivity contribution in [3.63, 3.8) is 0 Å². The van der Waals surface area contributed by atoms with Gasteiger partial charge in [0.05, 0.1) is 29.6 Å². The molecule has 2 aromatic heterocycles. The first-order valence-electron chi connectivity index (χ1n) is 8.33. The van der Waals surface area contributed by atoms with Gasteiger partial charge in [-0.05, 0) is 38.1 Å². The first-order chi connectivity index (χ1) is 12.4. The molecule has 0 radical (unpaired) electrons. The lowest BCUT2D eigenvalue weighted by atomic mass is 10.0. The SMILES string of the molecule is CC(C)(C)n1nnc(-c2cnn(C3CNN=C3c3ccc(Cl)cc3)c2)n1. The molecule has 4 rings (SSSR count). The maximum absolute atomic E-state index is 5.98. The van der Waals surface area contributed by atoms with Crippen molar-refractivity contribution in [1.82, 2.24) is 35.4 Å². The van der Waals surface area contributed by atoms with Crippen LogP contribution in [0.4, 0.5) is 0 Å². The Morgan fingerprint density at radius 3 is 2.62 bits per heavy atom. The van der Waals surface area contributed by atoms with Crippen LogP contribution in [-0.2, 0) is 5.54 Å². The topological polar surface area (TPSA) is 85.8 Å². The van der Waals surface area contributed by atoms with Gasteiger partial charge in [-0.25, -0.2) is 0 Å². The van der Waals surface area contributed by atoms with E-state index < -0.39 is 0 Å². The average Bonchev–Trinajstić information content (AvgIpc) is 3.33. The summed E-state index contributed by atoms with van der Waals surface area (Å²) < 4.78 is 1.88. The van der Waals surface area contributed by atoms with Crippen LogP contribution in [0.1, 0.15) is 32.4 Å². The molecule has 9 heteroatoms. The highest BCUT2D eigenvalue weighted by Gasteiger charge is 2.26. The molecule has 0 saturated heterocycles. The van der Waals surface area contributed by atoms with Gasteiger partial charge in [-0.3, -0.25) is 4.68 Å². The predicted molar refractivity (Wildman–Crippen MR) is 99.1 cm³/mol. The third-order valence-electron chi connectivity index (χ3n) is 4.13. The van der Waals surface area contributed by atoms with Crippen LogP contribution in [0.2, 0.25) is 5.02 Å². The normalized spacial score (nSPS) is 17.2. The third-order valence-corrected chi connectivity index (χ3v) is 4.38. The predicted octanol–water partition coefficient (Wildman–Crippen LogP) is 2.49. The molecule has 3 heterocycles. The quantitative estimate of drug-likeness (QED) is 0.765. The molecule has 1 unspecified atom stereocenters. The van der Waals surface area contributed by atoms with E-state index in [2.05, 4.69) is 31.0 Å². The molecule has 1 aromatic carbocycles. The number of hydrogen-bond donors (Lipinski definition) is 1. The van der Waals surface area contributed by atoms with Gasteiger partial charge in [-0.2, -0.15) is 15.0 Å². The molecule has 26 heavy (non-hydrogen) atoms. The van der Waals surface area contributed by atoms with Crippen molar-refractivity contribution in [1.29, 1.82) is 0 Å². The van der Waals surface area contributed by atoms with Crippen LogP contribution < -0.4 is 5.43 Å². The summed E-state index contributed by atoms with van der Waals surface area (Å²) in [5.74, 6) is 0.558. The second-order valence-corrected chi connectivity index (χ2v) is 7.60. The molecule has 8 nitrogen and oxygen atoms in total. The van der Waals surface area contributed by atoms with E-state index >= 15 is 0 Å². The lowest BCUT2D eigenvalue weighted by Gasteiger charge is -2.15. The molecular weight excluding hydrogens is 352 g/mol. The molecule has 0 bridgehead atoms. The Labute approximate surface area is 155 Å². The first-order valence-corrected chi connectivity index (χ1v) is 8.71. The zero-order valence-corrected chi connectivity index (χ0v) is 15.5. The van der Waals surface area contributed by atoms with Gasteiger partial charge in [-0.1, -0.05) is 23.7 Å². The summed E-state index contributed by atoms with van der Waals surface area (Å²) in [6.07, 6.45) is 3.68. The zero-order valence-electron chi connectivity index (χ0n) is 14.8. The van der Waals surface area contributed by atoms with Gasteiger partial charge in [0.25, 0.3) is 0 Å². The molecule has 0 aliphatic carbocycles. The van der Waals surface area contributed by atoms with Crippen LogP contribution in [0.3, 0.4) is 0 Å². The fourth-order valence-corrected chi connectivity index (χ4v) is 2.85. The number of aromatic nitrogens is 6. The van der Waals surface area contributed by atoms with E-state index in [9.17, 15) is 0 Å². The highest BCUT2D eigenvalue weighted by atomic mass is 35.5. The Kier molecular flexibility index (Phi) is 3.99. The van der Waals surface area contributed by atoms with Gasteiger partial charge in [0.2, 0.25) is 5.82 Å². The summed E-state index contributed by atoms with van der Waals surface area (Å²) in [5, 5.41) is 22.4. The van der Waals surface area contributed by atoms with E-state index in [1.807, 2.05) is 55.9 Å². The summed E-state index contributed by atoms with van der Waals surface area (Å²) in [7, 11) is 0. The molecule has 0 fully saturated rings. The summed E-state index contributed by atoms with van der Waals surface area (Å²) in [6.45, 7) is 6.75. The van der Waals surface area contributed by atoms with Crippen LogP contribution >= 0.6 is 11.6 Å². The van der Waals surface area contributed by atoms with Gasteiger partial charge in [0.1, 0.15) is 6.04 Å². The monoisotopic (exact) mass is 370 g/mol. The zero-order chi connectivity index (χ0) is 18.3. The van der Waals surface area contributed by atoms with Gasteiger partial charge in [0.15, 0.2) is 0 Å². The van der Waals surface area contributed by atoms with Crippen molar-refractivity contribution in [2.45, 2.75) is 32.4 Å². The van der Waals surface area contributed by atoms with E-state index in [1.54, 1.807) is 11.0 Å². The third kappa shape index (κ3) is 3.08. The van der Waals surface area contributed by atoms with Crippen molar-refractivity contribution in [3.05, 3.63) is 47.2 Å². The Bertz CT molecular complexity index is 948. The number of rotatable bonds is 3. The molecule has 1 N–H and O–H groups in total. The molecule has 0 saturated carbocycles. The fraction of sp³-hybridized carbons (Fsp3) is 0.353. The minimum atomic E-state index is -0.217. The van der Waals surface area contributed by atoms with Crippen molar-refractivity contribution < 1.29 is 0 Å². The van der Waals surface area contributed by atoms with Gasteiger partial charge in [0, 0.05) is 16.8 Å². The second kappa shape index (κ2) is 6.21. The highest BCUT2D eigenvalue weighted by molar-refractivity contribution is 6.30. The number of nitrogens with one attached hydrogen (secondary N) is 1. The first kappa shape index (κ1) is 16.7. The van der Waals surface area contributed by atoms with Crippen LogP contribution in [0.5, 0.6) is 0 Å². The Balaban J connectivity index is 1.60.